The summed E-state index contributed by atoms with van der Waals surface area (Å²) >= 11 is 0. The van der Waals surface area contributed by atoms with Gasteiger partial charge in [0.2, 0.25) is 0 Å². The van der Waals surface area contributed by atoms with Gasteiger partial charge in [0.15, 0.2) is 0 Å². The third kappa shape index (κ3) is 2.34. The lowest BCUT2D eigenvalue weighted by Gasteiger charge is -2.20. The number of halogens is 1. The van der Waals surface area contributed by atoms with Crippen LogP contribution in [0, 0.1) is 5.82 Å². The van der Waals surface area contributed by atoms with Gasteiger partial charge in [-0.3, -0.25) is 0 Å². The molecule has 0 bridgehead atoms. The minimum absolute atomic E-state index is 0.315. The number of aromatic nitrogens is 2. The summed E-state index contributed by atoms with van der Waals surface area (Å²) in [5.74, 6) is -0.335. The molecule has 0 spiro atoms. The molecule has 4 rings (SSSR count). The minimum Gasteiger partial charge on any atom is -0.423 e. The maximum Gasteiger partial charge on any atom is 0.491 e. The van der Waals surface area contributed by atoms with Crippen molar-refractivity contribution in [3.63, 3.8) is 0 Å². The van der Waals surface area contributed by atoms with Gasteiger partial charge in [-0.15, -0.1) is 0 Å². The normalized spacial score (nSPS) is 14.1. The molecule has 1 aromatic heterocycles. The van der Waals surface area contributed by atoms with E-state index in [1.807, 2.05) is 12.1 Å². The van der Waals surface area contributed by atoms with E-state index in [1.54, 1.807) is 12.1 Å². The smallest absolute Gasteiger partial charge is 0.423 e. The van der Waals surface area contributed by atoms with Crippen molar-refractivity contribution < 1.29 is 14.1 Å². The number of hydrogen-bond acceptors (Lipinski definition) is 5. The zero-order valence-corrected chi connectivity index (χ0v) is 12.2. The Hall–Kier alpha value is -2.51. The van der Waals surface area contributed by atoms with Crippen LogP contribution >= 0.6 is 0 Å². The second-order valence-corrected chi connectivity index (χ2v) is 5.53. The van der Waals surface area contributed by atoms with E-state index in [-0.39, 0.29) is 5.82 Å². The van der Waals surface area contributed by atoms with E-state index >= 15 is 0 Å². The molecule has 114 valence electrons. The van der Waals surface area contributed by atoms with Crippen LogP contribution in [0.4, 0.5) is 10.1 Å². The fourth-order valence-electron chi connectivity index (χ4n) is 2.93. The molecule has 23 heavy (non-hydrogen) atoms. The van der Waals surface area contributed by atoms with Gasteiger partial charge in [0.25, 0.3) is 0 Å². The Morgan fingerprint density at radius 3 is 2.96 bits per heavy atom. The van der Waals surface area contributed by atoms with Gasteiger partial charge < -0.3 is 15.4 Å². The number of nitrogens with zero attached hydrogens (tertiary/aromatic N) is 2. The molecule has 2 heterocycles. The Morgan fingerprint density at radius 1 is 1.22 bits per heavy atom. The number of hydrogen-bond donors (Lipinski definition) is 2. The summed E-state index contributed by atoms with van der Waals surface area (Å²) in [5, 5.41) is 18.6. The number of fused-ring (bicyclic) bond motifs is 2. The average molecular weight is 309 g/mol. The molecular weight excluding hydrogens is 296 g/mol. The van der Waals surface area contributed by atoms with Gasteiger partial charge in [-0.05, 0) is 46.8 Å². The van der Waals surface area contributed by atoms with Gasteiger partial charge in [0.05, 0.1) is 17.4 Å². The highest BCUT2D eigenvalue weighted by Gasteiger charge is 2.27. The minimum atomic E-state index is -1.09. The second kappa shape index (κ2) is 5.29. The van der Waals surface area contributed by atoms with Gasteiger partial charge in [0.1, 0.15) is 5.82 Å². The van der Waals surface area contributed by atoms with E-state index in [2.05, 4.69) is 10.2 Å². The number of nitrogens with two attached hydrogens (primary N) is 1. The topological polar surface area (TPSA) is 81.3 Å². The predicted molar refractivity (Wildman–Crippen MR) is 86.6 cm³/mol. The van der Waals surface area contributed by atoms with Gasteiger partial charge >= 0.3 is 7.12 Å². The summed E-state index contributed by atoms with van der Waals surface area (Å²) < 4.78 is 19.5. The van der Waals surface area contributed by atoms with Crippen molar-refractivity contribution in [3.8, 4) is 11.1 Å². The largest absolute Gasteiger partial charge is 0.491 e. The summed E-state index contributed by atoms with van der Waals surface area (Å²) in [6.45, 7) is 0.315. The van der Waals surface area contributed by atoms with Crippen LogP contribution in [0.5, 0.6) is 0 Å². The van der Waals surface area contributed by atoms with E-state index < -0.39 is 7.12 Å². The maximum atomic E-state index is 14.4. The highest BCUT2D eigenvalue weighted by molar-refractivity contribution is 6.61. The molecular formula is C16H13BFN3O2. The first kappa shape index (κ1) is 14.1. The van der Waals surface area contributed by atoms with Crippen LogP contribution in [0.15, 0.2) is 36.5 Å². The van der Waals surface area contributed by atoms with Crippen molar-refractivity contribution in [2.45, 2.75) is 6.42 Å². The van der Waals surface area contributed by atoms with E-state index in [0.717, 1.165) is 10.9 Å². The van der Waals surface area contributed by atoms with Crippen molar-refractivity contribution in [2.75, 3.05) is 12.3 Å². The molecule has 1 aliphatic heterocycles. The quantitative estimate of drug-likeness (QED) is 0.662. The van der Waals surface area contributed by atoms with Crippen LogP contribution in [0.1, 0.15) is 5.56 Å². The predicted octanol–water partition coefficient (Wildman–Crippen LogP) is 1.28. The molecule has 0 unspecified atom stereocenters. The van der Waals surface area contributed by atoms with Crippen LogP contribution in [0.3, 0.4) is 0 Å². The summed E-state index contributed by atoms with van der Waals surface area (Å²) in [4.78, 5) is 0. The van der Waals surface area contributed by atoms with Crippen LogP contribution < -0.4 is 11.2 Å². The third-order valence-electron chi connectivity index (χ3n) is 4.13. The van der Waals surface area contributed by atoms with Gasteiger partial charge in [0, 0.05) is 12.0 Å². The van der Waals surface area contributed by atoms with E-state index in [1.165, 1.54) is 12.3 Å². The van der Waals surface area contributed by atoms with Crippen LogP contribution in [0.2, 0.25) is 0 Å². The SMILES string of the molecule is Nc1cnnc2cc(-c3cc(F)c4c(c3)B(O)OCC4)ccc12. The van der Waals surface area contributed by atoms with Crippen molar-refractivity contribution in [1.82, 2.24) is 10.2 Å². The van der Waals surface area contributed by atoms with Crippen molar-refractivity contribution in [3.05, 3.63) is 47.9 Å². The molecule has 0 aliphatic carbocycles. The lowest BCUT2D eigenvalue weighted by molar-refractivity contribution is 0.264. The van der Waals surface area contributed by atoms with E-state index in [9.17, 15) is 9.41 Å². The average Bonchev–Trinajstić information content (AvgIpc) is 2.55. The molecule has 1 aliphatic rings. The van der Waals surface area contributed by atoms with Gasteiger partial charge in [-0.25, -0.2) is 4.39 Å². The van der Waals surface area contributed by atoms with E-state index in [4.69, 9.17) is 10.4 Å². The molecule has 0 atom stereocenters. The van der Waals surface area contributed by atoms with Crippen LogP contribution in [-0.2, 0) is 11.1 Å². The zero-order chi connectivity index (χ0) is 16.0. The summed E-state index contributed by atoms with van der Waals surface area (Å²) in [6.07, 6.45) is 1.95. The molecule has 5 nitrogen and oxygen atoms in total. The number of benzene rings is 2. The molecule has 3 N–H and O–H groups in total. The van der Waals surface area contributed by atoms with Crippen molar-refractivity contribution in [2.24, 2.45) is 0 Å². The highest BCUT2D eigenvalue weighted by Crippen LogP contribution is 2.27. The first-order valence-electron chi connectivity index (χ1n) is 7.27. The lowest BCUT2D eigenvalue weighted by Crippen LogP contribution is -2.42. The first-order chi connectivity index (χ1) is 11.1. The Labute approximate surface area is 132 Å². The van der Waals surface area contributed by atoms with Crippen LogP contribution in [-0.4, -0.2) is 28.9 Å². The summed E-state index contributed by atoms with van der Waals surface area (Å²) in [6, 6.07) is 8.70. The molecule has 7 heteroatoms. The van der Waals surface area contributed by atoms with Crippen molar-refractivity contribution >= 4 is 29.2 Å². The Morgan fingerprint density at radius 2 is 2.09 bits per heavy atom. The Balaban J connectivity index is 1.88. The first-order valence-corrected chi connectivity index (χ1v) is 7.27. The molecule has 0 fully saturated rings. The Kier molecular flexibility index (Phi) is 3.25. The maximum absolute atomic E-state index is 14.4. The molecule has 3 aromatic rings. The fraction of sp³-hybridized carbons (Fsp3) is 0.125. The zero-order valence-electron chi connectivity index (χ0n) is 12.2. The monoisotopic (exact) mass is 309 g/mol. The molecule has 2 aromatic carbocycles. The van der Waals surface area contributed by atoms with Crippen molar-refractivity contribution in [1.29, 1.82) is 0 Å². The third-order valence-corrected chi connectivity index (χ3v) is 4.13. The number of rotatable bonds is 1. The van der Waals surface area contributed by atoms with Gasteiger partial charge in [-0.2, -0.15) is 10.2 Å². The fourth-order valence-corrected chi connectivity index (χ4v) is 2.93. The standard InChI is InChI=1S/C16H13BFN3O2/c18-14-6-10(5-13-11(14)3-4-23-17(13)22)9-1-2-12-15(19)8-20-21-16(12)7-9/h1-2,5-8,22H,3-4H2,(H2,19,21). The molecule has 0 saturated heterocycles. The highest BCUT2D eigenvalue weighted by atomic mass is 19.1. The van der Waals surface area contributed by atoms with Gasteiger partial charge in [-0.1, -0.05) is 12.1 Å². The Bertz CT molecular complexity index is 919. The molecule has 0 amide bonds. The summed E-state index contributed by atoms with van der Waals surface area (Å²) in [7, 11) is -1.09. The molecule has 0 saturated carbocycles. The van der Waals surface area contributed by atoms with E-state index in [0.29, 0.717) is 40.8 Å². The summed E-state index contributed by atoms with van der Waals surface area (Å²) in [5.41, 5.74) is 9.46. The molecule has 0 radical (unpaired) electrons. The second-order valence-electron chi connectivity index (χ2n) is 5.53. The number of nitrogen functional groups attached to an aromatic ring is 1. The lowest BCUT2D eigenvalue weighted by atomic mass is 9.72. The van der Waals surface area contributed by atoms with Crippen LogP contribution in [0.25, 0.3) is 22.0 Å². The number of anilines is 1.